The molecule has 0 aromatic carbocycles. The standard InChI is InChI=1S/C65H86O9/c1-54(2)23-27-64(52(71)73-15)29-25-62(13)48(39(64)35-54)42(67)31-46-58(9)33-37(50(69)56(5,6)44(58)19-21-60(46,62)11)17-18-41(66)38-34-59(10)45(57(7,8)51(38)70)20-22-61(12)47(59)32-43(68)49-40-36-55(3,4)24-28-65(40,53(72)74-16)30-26-63(49,61)14/h31-34,39-40,44-45,48-49H,19-30,35-36H2,1-16H3/t39-,40+,44-,45+,48-,49+,58-,59+,60+,61-,62+,63-,64-,65+/m1/s1. The molecule has 400 valence electrons. The van der Waals surface area contributed by atoms with Gasteiger partial charge in [-0.3, -0.25) is 33.6 Å². The summed E-state index contributed by atoms with van der Waals surface area (Å²) in [6, 6.07) is 0. The number of ether oxygens (including phenoxy) is 2. The fraction of sp³-hybridized carbons (Fsp3) is 0.738. The van der Waals surface area contributed by atoms with Crippen LogP contribution in [0.5, 0.6) is 0 Å². The molecule has 74 heavy (non-hydrogen) atoms. The zero-order valence-corrected chi connectivity index (χ0v) is 47.8. The van der Waals surface area contributed by atoms with Crippen LogP contribution in [0.1, 0.15) is 187 Å². The van der Waals surface area contributed by atoms with Crippen LogP contribution in [-0.4, -0.2) is 55.1 Å². The molecule has 0 unspecified atom stereocenters. The van der Waals surface area contributed by atoms with Gasteiger partial charge >= 0.3 is 11.9 Å². The van der Waals surface area contributed by atoms with E-state index in [1.54, 1.807) is 0 Å². The number of carbonyl (C=O) groups is 7. The quantitative estimate of drug-likeness (QED) is 0.117. The Morgan fingerprint density at radius 2 is 0.905 bits per heavy atom. The lowest BCUT2D eigenvalue weighted by atomic mass is 9.34. The van der Waals surface area contributed by atoms with Gasteiger partial charge in [0.2, 0.25) is 5.78 Å². The molecule has 0 bridgehead atoms. The lowest BCUT2D eigenvalue weighted by Gasteiger charge is -2.68. The van der Waals surface area contributed by atoms with Gasteiger partial charge in [0.25, 0.3) is 0 Å². The Kier molecular flexibility index (Phi) is 11.5. The number of esters is 2. The molecule has 6 saturated carbocycles. The van der Waals surface area contributed by atoms with Crippen LogP contribution in [0.2, 0.25) is 0 Å². The van der Waals surface area contributed by atoms with E-state index in [-0.39, 0.29) is 92.6 Å². The van der Waals surface area contributed by atoms with Crippen molar-refractivity contribution >= 4 is 40.9 Å². The highest BCUT2D eigenvalue weighted by atomic mass is 16.5. The number of carbonyl (C=O) groups excluding carboxylic acids is 7. The molecular formula is C65H86O9. The smallest absolute Gasteiger partial charge is 0.312 e. The predicted molar refractivity (Wildman–Crippen MR) is 283 cm³/mol. The largest absolute Gasteiger partial charge is 0.469 e. The van der Waals surface area contributed by atoms with Crippen molar-refractivity contribution in [3.8, 4) is 11.8 Å². The van der Waals surface area contributed by atoms with Crippen LogP contribution in [0.25, 0.3) is 0 Å². The van der Waals surface area contributed by atoms with Gasteiger partial charge in [-0.15, -0.1) is 0 Å². The number of hydrogen-bond acceptors (Lipinski definition) is 9. The highest BCUT2D eigenvalue weighted by Crippen LogP contribution is 2.77. The number of ketones is 5. The van der Waals surface area contributed by atoms with Crippen LogP contribution >= 0.6 is 0 Å². The molecule has 0 N–H and O–H groups in total. The lowest BCUT2D eigenvalue weighted by molar-refractivity contribution is -0.192. The third kappa shape index (κ3) is 6.56. The van der Waals surface area contributed by atoms with Gasteiger partial charge in [-0.2, -0.15) is 0 Å². The third-order valence-corrected chi connectivity index (χ3v) is 25.2. The van der Waals surface area contributed by atoms with E-state index >= 15 is 9.59 Å². The lowest BCUT2D eigenvalue weighted by Crippen LogP contribution is -2.66. The summed E-state index contributed by atoms with van der Waals surface area (Å²) in [7, 11) is 2.94. The van der Waals surface area contributed by atoms with E-state index in [2.05, 4.69) is 81.1 Å². The molecule has 0 spiro atoms. The van der Waals surface area contributed by atoms with Crippen LogP contribution < -0.4 is 0 Å². The second-order valence-electron chi connectivity index (χ2n) is 30.2. The minimum absolute atomic E-state index is 0.00303. The molecule has 0 amide bonds. The number of hydrogen-bond donors (Lipinski definition) is 0. The monoisotopic (exact) mass is 1010 g/mol. The van der Waals surface area contributed by atoms with Gasteiger partial charge < -0.3 is 9.47 Å². The third-order valence-electron chi connectivity index (χ3n) is 25.2. The van der Waals surface area contributed by atoms with Crippen LogP contribution in [0.15, 0.2) is 46.6 Å². The highest BCUT2D eigenvalue weighted by molar-refractivity contribution is 6.28. The molecule has 6 fully saturated rings. The van der Waals surface area contributed by atoms with Crippen molar-refractivity contribution in [2.45, 2.75) is 187 Å². The number of Topliss-reactive ketones (excluding diaryl/α,β-unsaturated/α-hetero) is 3. The molecule has 9 nitrogen and oxygen atoms in total. The maximum absolute atomic E-state index is 15.2. The molecule has 0 saturated heterocycles. The Hall–Kier alpha value is -4.19. The van der Waals surface area contributed by atoms with E-state index < -0.39 is 59.9 Å². The molecule has 0 heterocycles. The summed E-state index contributed by atoms with van der Waals surface area (Å²) in [6.07, 6.45) is 18.0. The minimum atomic E-state index is -0.967. The summed E-state index contributed by atoms with van der Waals surface area (Å²) < 4.78 is 11.1. The van der Waals surface area contributed by atoms with Crippen molar-refractivity contribution in [3.63, 3.8) is 0 Å². The van der Waals surface area contributed by atoms with E-state index in [0.717, 1.165) is 62.5 Å². The zero-order chi connectivity index (χ0) is 54.4. The molecule has 10 aliphatic rings. The van der Waals surface area contributed by atoms with E-state index in [4.69, 9.17) is 9.47 Å². The molecule has 9 heteroatoms. The van der Waals surface area contributed by atoms with Crippen molar-refractivity contribution < 1.29 is 43.0 Å². The summed E-state index contributed by atoms with van der Waals surface area (Å²) in [5.74, 6) is 3.17. The van der Waals surface area contributed by atoms with E-state index in [0.29, 0.717) is 38.5 Å². The van der Waals surface area contributed by atoms with Gasteiger partial charge in [-0.25, -0.2) is 0 Å². The number of allylic oxidation sites excluding steroid dienone is 8. The minimum Gasteiger partial charge on any atom is -0.469 e. The first-order chi connectivity index (χ1) is 34.1. The maximum Gasteiger partial charge on any atom is 0.312 e. The van der Waals surface area contributed by atoms with Gasteiger partial charge in [0, 0.05) is 33.5 Å². The van der Waals surface area contributed by atoms with Crippen molar-refractivity contribution in [3.05, 3.63) is 46.6 Å². The van der Waals surface area contributed by atoms with Crippen molar-refractivity contribution in [2.24, 2.45) is 100 Å². The van der Waals surface area contributed by atoms with Crippen LogP contribution in [0, 0.1) is 112 Å². The summed E-state index contributed by atoms with van der Waals surface area (Å²) in [5.41, 5.74) is -4.59. The Labute approximate surface area is 442 Å². The zero-order valence-electron chi connectivity index (χ0n) is 47.8. The summed E-state index contributed by atoms with van der Waals surface area (Å²) in [5, 5.41) is 0. The van der Waals surface area contributed by atoms with E-state index in [9.17, 15) is 24.0 Å². The Balaban J connectivity index is 1.03. The molecule has 10 rings (SSSR count). The highest BCUT2D eigenvalue weighted by Gasteiger charge is 2.73. The average Bonchev–Trinajstić information content (AvgIpc) is 3.31. The molecular weight excluding hydrogens is 925 g/mol. The molecule has 14 atom stereocenters. The molecule has 0 aromatic heterocycles. The van der Waals surface area contributed by atoms with E-state index in [1.807, 2.05) is 52.0 Å². The van der Waals surface area contributed by atoms with E-state index in [1.165, 1.54) is 14.2 Å². The van der Waals surface area contributed by atoms with Crippen LogP contribution in [0.4, 0.5) is 0 Å². The van der Waals surface area contributed by atoms with Crippen LogP contribution in [0.3, 0.4) is 0 Å². The van der Waals surface area contributed by atoms with Crippen molar-refractivity contribution in [2.75, 3.05) is 14.2 Å². The second kappa shape index (κ2) is 16.0. The Morgan fingerprint density at radius 1 is 0.514 bits per heavy atom. The SMILES string of the molecule is COC(=O)[C@@]12CCC(C)(C)C[C@@H]1[C@@H]1C(=O)C=C3[C@]4(C)C=C(C#CC(=O)C5=C[C@]6(C)C7=CC(=O)[C@@H]8[C@@H]9CC(C)(C)CC[C@]9(C(=O)OC)CC[C@@]8(C)[C@]7(C)CC[C@H]6C(C)(C)C5=O)C(=O)C(C)(C)[C@H]4CC[C@]3(C)[C@@]1(C)CC2. The average molecular weight is 1010 g/mol. The molecule has 0 aliphatic heterocycles. The molecule has 0 aromatic rings. The first kappa shape index (κ1) is 53.2. The van der Waals surface area contributed by atoms with Crippen LogP contribution in [-0.2, 0) is 43.0 Å². The molecule has 10 aliphatic carbocycles. The summed E-state index contributed by atoms with van der Waals surface area (Å²) >= 11 is 0. The number of rotatable bonds is 3. The second-order valence-corrected chi connectivity index (χ2v) is 30.2. The molecule has 0 radical (unpaired) electrons. The predicted octanol–water partition coefficient (Wildman–Crippen LogP) is 12.3. The number of methoxy groups -OCH3 is 2. The van der Waals surface area contributed by atoms with Gasteiger partial charge in [-0.05, 0) is 164 Å². The first-order valence-electron chi connectivity index (χ1n) is 28.4. The van der Waals surface area contributed by atoms with Gasteiger partial charge in [0.15, 0.2) is 23.1 Å². The summed E-state index contributed by atoms with van der Waals surface area (Å²) in [6.45, 7) is 30.2. The van der Waals surface area contributed by atoms with Gasteiger partial charge in [0.05, 0.1) is 36.2 Å². The van der Waals surface area contributed by atoms with Crippen molar-refractivity contribution in [1.82, 2.24) is 0 Å². The first-order valence-corrected chi connectivity index (χ1v) is 28.4. The fourth-order valence-corrected chi connectivity index (χ4v) is 20.7. The Morgan fingerprint density at radius 3 is 1.32 bits per heavy atom. The summed E-state index contributed by atoms with van der Waals surface area (Å²) in [4.78, 5) is 102. The van der Waals surface area contributed by atoms with Gasteiger partial charge in [0.1, 0.15) is 0 Å². The normalized spacial score (nSPS) is 45.9. The van der Waals surface area contributed by atoms with Crippen molar-refractivity contribution in [1.29, 1.82) is 0 Å². The number of fused-ring (bicyclic) bond motifs is 14. The Bertz CT molecular complexity index is 2820. The topological polar surface area (TPSA) is 138 Å². The fourth-order valence-electron chi connectivity index (χ4n) is 20.7. The maximum atomic E-state index is 15.2. The van der Waals surface area contributed by atoms with Gasteiger partial charge in [-0.1, -0.05) is 126 Å².